The van der Waals surface area contributed by atoms with Gasteiger partial charge < -0.3 is 11.1 Å². The fraction of sp³-hybridized carbons (Fsp3) is 0.667. The lowest BCUT2D eigenvalue weighted by atomic mass is 10.0. The molecule has 0 aliphatic heterocycles. The molecule has 1 amide bonds. The second kappa shape index (κ2) is 8.29. The van der Waals surface area contributed by atoms with Gasteiger partial charge in [0, 0.05) is 6.04 Å². The fourth-order valence-corrected chi connectivity index (χ4v) is 3.19. The Morgan fingerprint density at radius 3 is 2.68 bits per heavy atom. The molecular weight excluding hydrogens is 304 g/mol. The van der Waals surface area contributed by atoms with Crippen LogP contribution < -0.4 is 16.6 Å². The molecule has 1 saturated carbocycles. The summed E-state index contributed by atoms with van der Waals surface area (Å²) in [5.74, 6) is 0.0149. The number of nitrogens with zero attached hydrogens (tertiary/aromatic N) is 1. The topological polar surface area (TPSA) is 101 Å². The summed E-state index contributed by atoms with van der Waals surface area (Å²) in [6, 6.07) is 0.0739. The molecule has 0 radical (unpaired) electrons. The van der Waals surface area contributed by atoms with Gasteiger partial charge in [0.25, 0.3) is 11.5 Å². The molecule has 6 nitrogen and oxygen atoms in total. The van der Waals surface area contributed by atoms with Gasteiger partial charge in [0.2, 0.25) is 0 Å². The Hall–Kier alpha value is -1.40. The first-order valence-electron chi connectivity index (χ1n) is 7.73. The van der Waals surface area contributed by atoms with E-state index >= 15 is 0 Å². The van der Waals surface area contributed by atoms with Gasteiger partial charge in [-0.15, -0.1) is 12.4 Å². The van der Waals surface area contributed by atoms with E-state index in [4.69, 9.17) is 5.73 Å². The van der Waals surface area contributed by atoms with Crippen molar-refractivity contribution in [1.82, 2.24) is 15.5 Å². The van der Waals surface area contributed by atoms with Gasteiger partial charge in [-0.3, -0.25) is 9.59 Å². The van der Waals surface area contributed by atoms with E-state index in [1.54, 1.807) is 0 Å². The van der Waals surface area contributed by atoms with E-state index in [1.165, 1.54) is 0 Å². The van der Waals surface area contributed by atoms with Crippen LogP contribution in [0.2, 0.25) is 0 Å². The number of hydrogen-bond donors (Lipinski definition) is 3. The zero-order chi connectivity index (χ0) is 15.4. The molecule has 0 saturated heterocycles. The Kier molecular flexibility index (Phi) is 7.03. The number of rotatable bonds is 5. The van der Waals surface area contributed by atoms with Crippen molar-refractivity contribution in [2.45, 2.75) is 52.0 Å². The summed E-state index contributed by atoms with van der Waals surface area (Å²) in [6.07, 6.45) is 4.34. The number of aromatic nitrogens is 2. The van der Waals surface area contributed by atoms with Crippen molar-refractivity contribution in [2.75, 3.05) is 6.54 Å². The van der Waals surface area contributed by atoms with E-state index in [0.717, 1.165) is 30.5 Å². The van der Waals surface area contributed by atoms with Gasteiger partial charge in [0.15, 0.2) is 0 Å². The molecule has 1 heterocycles. The first kappa shape index (κ1) is 18.6. The monoisotopic (exact) mass is 328 g/mol. The highest BCUT2D eigenvalue weighted by atomic mass is 35.5. The number of aromatic amines is 1. The minimum Gasteiger partial charge on any atom is -0.349 e. The van der Waals surface area contributed by atoms with Crippen LogP contribution in [0.5, 0.6) is 0 Å². The van der Waals surface area contributed by atoms with Crippen LogP contribution in [0.4, 0.5) is 0 Å². The van der Waals surface area contributed by atoms with Crippen LogP contribution in [0.3, 0.4) is 0 Å². The predicted molar refractivity (Wildman–Crippen MR) is 88.5 cm³/mol. The zero-order valence-corrected chi connectivity index (χ0v) is 14.0. The third-order valence-corrected chi connectivity index (χ3v) is 4.36. The van der Waals surface area contributed by atoms with E-state index < -0.39 is 5.56 Å². The highest BCUT2D eigenvalue weighted by molar-refractivity contribution is 5.95. The van der Waals surface area contributed by atoms with E-state index in [9.17, 15) is 9.59 Å². The van der Waals surface area contributed by atoms with Gasteiger partial charge in [-0.2, -0.15) is 5.10 Å². The SMILES string of the molecule is CCc1n[nH]c(=O)c(C(=O)NC2CCCC2CN)c1CC.Cl. The van der Waals surface area contributed by atoms with Crippen molar-refractivity contribution in [3.63, 3.8) is 0 Å². The van der Waals surface area contributed by atoms with Crippen LogP contribution in [0, 0.1) is 5.92 Å². The molecule has 1 aromatic rings. The van der Waals surface area contributed by atoms with Crippen LogP contribution in [0.1, 0.15) is 54.7 Å². The first-order valence-corrected chi connectivity index (χ1v) is 7.73. The average Bonchev–Trinajstić information content (AvgIpc) is 2.93. The summed E-state index contributed by atoms with van der Waals surface area (Å²) in [5.41, 5.74) is 7.08. The summed E-state index contributed by atoms with van der Waals surface area (Å²) in [6.45, 7) is 4.46. The maximum absolute atomic E-state index is 12.5. The maximum Gasteiger partial charge on any atom is 0.277 e. The molecule has 4 N–H and O–H groups in total. The molecule has 1 fully saturated rings. The van der Waals surface area contributed by atoms with Gasteiger partial charge in [0.1, 0.15) is 5.56 Å². The number of carbonyl (C=O) groups excluding carboxylic acids is 1. The highest BCUT2D eigenvalue weighted by Gasteiger charge is 2.29. The molecule has 1 aliphatic rings. The molecule has 1 aromatic heterocycles. The fourth-order valence-electron chi connectivity index (χ4n) is 3.19. The predicted octanol–water partition coefficient (Wildman–Crippen LogP) is 1.17. The minimum atomic E-state index is -0.413. The molecule has 0 aromatic carbocycles. The molecule has 2 unspecified atom stereocenters. The molecule has 1 aliphatic carbocycles. The van der Waals surface area contributed by atoms with Crippen molar-refractivity contribution in [3.05, 3.63) is 27.2 Å². The van der Waals surface area contributed by atoms with Gasteiger partial charge in [-0.05, 0) is 43.7 Å². The second-order valence-corrected chi connectivity index (χ2v) is 5.57. The quantitative estimate of drug-likeness (QED) is 0.755. The smallest absolute Gasteiger partial charge is 0.277 e. The van der Waals surface area contributed by atoms with Crippen molar-refractivity contribution < 1.29 is 4.79 Å². The number of nitrogens with two attached hydrogens (primary N) is 1. The molecule has 0 bridgehead atoms. The standard InChI is InChI=1S/C15H24N4O2.ClH/c1-3-10-11(4-2)18-19-15(21)13(10)14(20)17-12-7-5-6-9(12)8-16;/h9,12H,3-8,16H2,1-2H3,(H,17,20)(H,19,21);1H. The number of H-pyrrole nitrogens is 1. The maximum atomic E-state index is 12.5. The Balaban J connectivity index is 0.00000242. The molecule has 2 atom stereocenters. The van der Waals surface area contributed by atoms with Gasteiger partial charge in [0.05, 0.1) is 5.69 Å². The van der Waals surface area contributed by atoms with Crippen LogP contribution >= 0.6 is 12.4 Å². The number of aryl methyl sites for hydroxylation is 1. The second-order valence-electron chi connectivity index (χ2n) is 5.57. The number of carbonyl (C=O) groups is 1. The Labute approximate surface area is 136 Å². The van der Waals surface area contributed by atoms with Crippen molar-refractivity contribution in [3.8, 4) is 0 Å². The largest absolute Gasteiger partial charge is 0.349 e. The molecule has 7 heteroatoms. The van der Waals surface area contributed by atoms with E-state index in [0.29, 0.717) is 25.3 Å². The highest BCUT2D eigenvalue weighted by Crippen LogP contribution is 2.25. The van der Waals surface area contributed by atoms with Crippen molar-refractivity contribution in [2.24, 2.45) is 11.7 Å². The van der Waals surface area contributed by atoms with Crippen molar-refractivity contribution in [1.29, 1.82) is 0 Å². The van der Waals surface area contributed by atoms with E-state index in [-0.39, 0.29) is 29.9 Å². The average molecular weight is 329 g/mol. The summed E-state index contributed by atoms with van der Waals surface area (Å²) < 4.78 is 0. The summed E-state index contributed by atoms with van der Waals surface area (Å²) in [7, 11) is 0. The Morgan fingerprint density at radius 2 is 2.09 bits per heavy atom. The van der Waals surface area contributed by atoms with Crippen LogP contribution in [0.25, 0.3) is 0 Å². The van der Waals surface area contributed by atoms with Crippen LogP contribution in [-0.4, -0.2) is 28.7 Å². The lowest BCUT2D eigenvalue weighted by Gasteiger charge is -2.20. The zero-order valence-electron chi connectivity index (χ0n) is 13.1. The van der Waals surface area contributed by atoms with Crippen LogP contribution in [0.15, 0.2) is 4.79 Å². The number of amides is 1. The van der Waals surface area contributed by atoms with E-state index in [2.05, 4.69) is 15.5 Å². The lowest BCUT2D eigenvalue weighted by Crippen LogP contribution is -2.42. The molecule has 22 heavy (non-hydrogen) atoms. The third-order valence-electron chi connectivity index (χ3n) is 4.36. The molecule has 0 spiro atoms. The van der Waals surface area contributed by atoms with Gasteiger partial charge >= 0.3 is 0 Å². The third kappa shape index (κ3) is 3.67. The lowest BCUT2D eigenvalue weighted by molar-refractivity contribution is 0.0926. The Morgan fingerprint density at radius 1 is 1.36 bits per heavy atom. The van der Waals surface area contributed by atoms with Gasteiger partial charge in [-0.1, -0.05) is 20.3 Å². The molecular formula is C15H25ClN4O2. The van der Waals surface area contributed by atoms with Crippen LogP contribution in [-0.2, 0) is 12.8 Å². The summed E-state index contributed by atoms with van der Waals surface area (Å²) in [4.78, 5) is 24.6. The number of nitrogens with one attached hydrogen (secondary N) is 2. The molecule has 2 rings (SSSR count). The summed E-state index contributed by atoms with van der Waals surface area (Å²) >= 11 is 0. The van der Waals surface area contributed by atoms with Crippen molar-refractivity contribution >= 4 is 18.3 Å². The normalized spacial score (nSPS) is 20.5. The summed E-state index contributed by atoms with van der Waals surface area (Å²) in [5, 5.41) is 9.47. The molecule has 124 valence electrons. The minimum absolute atomic E-state index is 0. The number of hydrogen-bond acceptors (Lipinski definition) is 4. The van der Waals surface area contributed by atoms with Gasteiger partial charge in [-0.25, -0.2) is 5.10 Å². The Bertz CT molecular complexity index is 573. The van der Waals surface area contributed by atoms with E-state index in [1.807, 2.05) is 13.8 Å². The number of halogens is 1. The first-order chi connectivity index (χ1) is 10.1.